The van der Waals surface area contributed by atoms with Crippen LogP contribution in [-0.2, 0) is 14.3 Å². The Morgan fingerprint density at radius 2 is 2.08 bits per heavy atom. The average molecular weight is 349 g/mol. The third kappa shape index (κ3) is 4.28. The van der Waals surface area contributed by atoms with E-state index in [1.165, 1.54) is 11.8 Å². The van der Waals surface area contributed by atoms with E-state index in [9.17, 15) is 9.59 Å². The van der Waals surface area contributed by atoms with Gasteiger partial charge in [0.05, 0.1) is 24.7 Å². The summed E-state index contributed by atoms with van der Waals surface area (Å²) in [5, 5.41) is 3.00. The number of benzene rings is 1. The smallest absolute Gasteiger partial charge is 0.240 e. The molecule has 2 heterocycles. The fraction of sp³-hybridized carbons (Fsp3) is 0.529. The molecule has 24 heavy (non-hydrogen) atoms. The van der Waals surface area contributed by atoms with E-state index in [0.29, 0.717) is 5.75 Å². The van der Waals surface area contributed by atoms with Crippen LogP contribution in [0.4, 0.5) is 5.69 Å². The molecule has 7 heteroatoms. The van der Waals surface area contributed by atoms with Crippen molar-refractivity contribution in [1.82, 2.24) is 10.2 Å². The first-order valence-electron chi connectivity index (χ1n) is 8.25. The van der Waals surface area contributed by atoms with Crippen molar-refractivity contribution in [1.29, 1.82) is 0 Å². The highest BCUT2D eigenvalue weighted by atomic mass is 32.2. The molecule has 2 aliphatic heterocycles. The van der Waals surface area contributed by atoms with E-state index < -0.39 is 0 Å². The fourth-order valence-electron chi connectivity index (χ4n) is 3.01. The summed E-state index contributed by atoms with van der Waals surface area (Å²) in [4.78, 5) is 29.5. The van der Waals surface area contributed by atoms with Gasteiger partial charge in [-0.2, -0.15) is 0 Å². The second-order valence-corrected chi connectivity index (χ2v) is 7.14. The quantitative estimate of drug-likeness (QED) is 0.858. The first kappa shape index (κ1) is 17.3. The van der Waals surface area contributed by atoms with E-state index in [-0.39, 0.29) is 24.4 Å². The summed E-state index contributed by atoms with van der Waals surface area (Å²) in [6, 6.07) is 7.76. The van der Waals surface area contributed by atoms with Gasteiger partial charge in [-0.05, 0) is 19.1 Å². The zero-order valence-corrected chi connectivity index (χ0v) is 14.7. The molecule has 0 radical (unpaired) electrons. The van der Waals surface area contributed by atoms with Crippen LogP contribution in [0.2, 0.25) is 0 Å². The topological polar surface area (TPSA) is 61.9 Å². The highest BCUT2D eigenvalue weighted by Gasteiger charge is 2.26. The number of hydrogen-bond acceptors (Lipinski definition) is 5. The van der Waals surface area contributed by atoms with Crippen molar-refractivity contribution in [3.05, 3.63) is 24.3 Å². The van der Waals surface area contributed by atoms with E-state index in [4.69, 9.17) is 4.74 Å². The molecule has 1 N–H and O–H groups in total. The Morgan fingerprint density at radius 3 is 2.88 bits per heavy atom. The molecule has 130 valence electrons. The van der Waals surface area contributed by atoms with E-state index in [0.717, 1.165) is 43.4 Å². The number of rotatable bonds is 5. The van der Waals surface area contributed by atoms with Gasteiger partial charge in [-0.25, -0.2) is 0 Å². The predicted octanol–water partition coefficient (Wildman–Crippen LogP) is 0.962. The van der Waals surface area contributed by atoms with Crippen LogP contribution in [0.3, 0.4) is 0 Å². The van der Waals surface area contributed by atoms with Crippen LogP contribution in [0, 0.1) is 0 Å². The van der Waals surface area contributed by atoms with Crippen LogP contribution in [0.5, 0.6) is 0 Å². The molecule has 1 atom stereocenters. The Bertz CT molecular complexity index is 604. The lowest BCUT2D eigenvalue weighted by Crippen LogP contribution is -2.49. The van der Waals surface area contributed by atoms with Crippen LogP contribution in [-0.4, -0.2) is 67.9 Å². The molecule has 0 aromatic heterocycles. The molecular weight excluding hydrogens is 326 g/mol. The van der Waals surface area contributed by atoms with Crippen LogP contribution in [0.15, 0.2) is 29.2 Å². The number of carbonyl (C=O) groups is 2. The molecule has 0 bridgehead atoms. The lowest BCUT2D eigenvalue weighted by molar-refractivity contribution is -0.123. The number of morpholine rings is 1. The van der Waals surface area contributed by atoms with Gasteiger partial charge in [0.1, 0.15) is 6.54 Å². The number of anilines is 1. The number of fused-ring (bicyclic) bond motifs is 1. The number of amides is 2. The first-order valence-corrected chi connectivity index (χ1v) is 9.23. The summed E-state index contributed by atoms with van der Waals surface area (Å²) < 4.78 is 5.33. The summed E-state index contributed by atoms with van der Waals surface area (Å²) in [5.41, 5.74) is 0.828. The van der Waals surface area contributed by atoms with Crippen LogP contribution < -0.4 is 10.2 Å². The molecule has 0 spiro atoms. The number of hydrogen-bond donors (Lipinski definition) is 1. The zero-order chi connectivity index (χ0) is 16.9. The van der Waals surface area contributed by atoms with Gasteiger partial charge >= 0.3 is 0 Å². The predicted molar refractivity (Wildman–Crippen MR) is 94.4 cm³/mol. The molecule has 3 rings (SSSR count). The largest absolute Gasteiger partial charge is 0.379 e. The third-order valence-electron chi connectivity index (χ3n) is 4.15. The molecule has 1 aromatic rings. The highest BCUT2D eigenvalue weighted by molar-refractivity contribution is 8.00. The summed E-state index contributed by atoms with van der Waals surface area (Å²) in [6.07, 6.45) is 0. The van der Waals surface area contributed by atoms with Crippen molar-refractivity contribution in [3.8, 4) is 0 Å². The minimum atomic E-state index is -0.120. The molecule has 1 unspecified atom stereocenters. The monoisotopic (exact) mass is 349 g/mol. The van der Waals surface area contributed by atoms with Gasteiger partial charge in [-0.15, -0.1) is 11.8 Å². The molecule has 0 aliphatic carbocycles. The highest BCUT2D eigenvalue weighted by Crippen LogP contribution is 2.34. The summed E-state index contributed by atoms with van der Waals surface area (Å²) in [5.74, 6) is 0.244. The molecule has 1 fully saturated rings. The van der Waals surface area contributed by atoms with Gasteiger partial charge in [0.25, 0.3) is 0 Å². The number of nitrogens with zero attached hydrogens (tertiary/aromatic N) is 2. The Morgan fingerprint density at radius 1 is 1.33 bits per heavy atom. The Hall–Kier alpha value is -1.57. The summed E-state index contributed by atoms with van der Waals surface area (Å²) in [6.45, 7) is 6.16. The third-order valence-corrected chi connectivity index (χ3v) is 5.20. The molecule has 0 saturated carbocycles. The van der Waals surface area contributed by atoms with E-state index in [1.54, 1.807) is 4.90 Å². The SMILES string of the molecule is CC(CN1CCOCC1)NC(=O)CN1C(=O)CSc2ccccc21. The lowest BCUT2D eigenvalue weighted by Gasteiger charge is -2.31. The van der Waals surface area contributed by atoms with Gasteiger partial charge in [-0.1, -0.05) is 12.1 Å². The van der Waals surface area contributed by atoms with Gasteiger partial charge in [0, 0.05) is 30.6 Å². The average Bonchev–Trinajstić information content (AvgIpc) is 2.58. The van der Waals surface area contributed by atoms with Crippen LogP contribution >= 0.6 is 11.8 Å². The minimum absolute atomic E-state index is 0.0188. The maximum atomic E-state index is 12.4. The minimum Gasteiger partial charge on any atom is -0.379 e. The molecule has 2 aliphatic rings. The number of para-hydroxylation sites is 1. The van der Waals surface area contributed by atoms with Gasteiger partial charge in [0.15, 0.2) is 0 Å². The van der Waals surface area contributed by atoms with E-state index >= 15 is 0 Å². The summed E-state index contributed by atoms with van der Waals surface area (Å²) in [7, 11) is 0. The second kappa shape index (κ2) is 8.00. The lowest BCUT2D eigenvalue weighted by atomic mass is 10.2. The summed E-state index contributed by atoms with van der Waals surface area (Å²) >= 11 is 1.52. The molecule has 6 nitrogen and oxygen atoms in total. The van der Waals surface area contributed by atoms with Crippen molar-refractivity contribution in [2.45, 2.75) is 17.9 Å². The number of thioether (sulfide) groups is 1. The Kier molecular flexibility index (Phi) is 5.76. The number of nitrogens with one attached hydrogen (secondary N) is 1. The zero-order valence-electron chi connectivity index (χ0n) is 13.9. The van der Waals surface area contributed by atoms with Gasteiger partial charge in [0.2, 0.25) is 11.8 Å². The van der Waals surface area contributed by atoms with Crippen LogP contribution in [0.1, 0.15) is 6.92 Å². The molecule has 1 saturated heterocycles. The normalized spacial score (nSPS) is 19.7. The first-order chi connectivity index (χ1) is 11.6. The number of ether oxygens (including phenoxy) is 1. The van der Waals surface area contributed by atoms with Crippen molar-refractivity contribution in [2.24, 2.45) is 0 Å². The van der Waals surface area contributed by atoms with E-state index in [1.807, 2.05) is 31.2 Å². The maximum absolute atomic E-state index is 12.4. The van der Waals surface area contributed by atoms with Gasteiger partial charge in [-0.3, -0.25) is 14.5 Å². The van der Waals surface area contributed by atoms with Crippen molar-refractivity contribution < 1.29 is 14.3 Å². The van der Waals surface area contributed by atoms with Crippen molar-refractivity contribution in [2.75, 3.05) is 50.0 Å². The fourth-order valence-corrected chi connectivity index (χ4v) is 3.94. The molecular formula is C17H23N3O3S. The van der Waals surface area contributed by atoms with Gasteiger partial charge < -0.3 is 15.0 Å². The number of carbonyl (C=O) groups excluding carboxylic acids is 2. The van der Waals surface area contributed by atoms with Crippen molar-refractivity contribution in [3.63, 3.8) is 0 Å². The van der Waals surface area contributed by atoms with E-state index in [2.05, 4.69) is 10.2 Å². The standard InChI is InChI=1S/C17H23N3O3S/c1-13(10-19-6-8-23-9-7-19)18-16(21)11-20-14-4-2-3-5-15(14)24-12-17(20)22/h2-5,13H,6-12H2,1H3,(H,18,21). The Labute approximate surface area is 146 Å². The molecule has 2 amide bonds. The van der Waals surface area contributed by atoms with Crippen LogP contribution in [0.25, 0.3) is 0 Å². The molecule has 1 aromatic carbocycles. The Balaban J connectivity index is 1.55. The maximum Gasteiger partial charge on any atom is 0.240 e. The second-order valence-electron chi connectivity index (χ2n) is 6.12. The van der Waals surface area contributed by atoms with Crippen molar-refractivity contribution >= 4 is 29.3 Å².